The Kier molecular flexibility index (Phi) is 3.97. The molecule has 0 bridgehead atoms. The van der Waals surface area contributed by atoms with Crippen molar-refractivity contribution in [3.63, 3.8) is 0 Å². The molecule has 2 aliphatic rings. The molecule has 1 heterocycles. The number of fused-ring (bicyclic) bond motifs is 1. The van der Waals surface area contributed by atoms with Gasteiger partial charge in [-0.2, -0.15) is 0 Å². The molecule has 116 valence electrons. The van der Waals surface area contributed by atoms with Crippen LogP contribution in [0, 0.1) is 11.8 Å². The van der Waals surface area contributed by atoms with Crippen LogP contribution in [0.3, 0.4) is 0 Å². The van der Waals surface area contributed by atoms with Gasteiger partial charge in [-0.25, -0.2) is 13.1 Å². The maximum Gasteiger partial charge on any atom is 0.240 e. The van der Waals surface area contributed by atoms with Crippen LogP contribution < -0.4 is 10.0 Å². The summed E-state index contributed by atoms with van der Waals surface area (Å²) in [4.78, 5) is 0.399. The molecule has 0 aromatic heterocycles. The van der Waals surface area contributed by atoms with Gasteiger partial charge in [0.1, 0.15) is 0 Å². The van der Waals surface area contributed by atoms with Gasteiger partial charge in [0.15, 0.2) is 0 Å². The van der Waals surface area contributed by atoms with Crippen LogP contribution in [0.2, 0.25) is 0 Å². The van der Waals surface area contributed by atoms with E-state index in [0.717, 1.165) is 43.5 Å². The van der Waals surface area contributed by atoms with Crippen LogP contribution in [0.1, 0.15) is 38.7 Å². The summed E-state index contributed by atoms with van der Waals surface area (Å²) in [7, 11) is -3.40. The van der Waals surface area contributed by atoms with Crippen LogP contribution >= 0.6 is 0 Å². The lowest BCUT2D eigenvalue weighted by atomic mass is 9.79. The smallest absolute Gasteiger partial charge is 0.240 e. The van der Waals surface area contributed by atoms with Crippen molar-refractivity contribution in [3.05, 3.63) is 23.8 Å². The molecule has 0 saturated heterocycles. The maximum absolute atomic E-state index is 12.6. The molecule has 1 fully saturated rings. The van der Waals surface area contributed by atoms with Gasteiger partial charge in [0.25, 0.3) is 0 Å². The molecule has 2 N–H and O–H groups in total. The maximum atomic E-state index is 12.6. The predicted molar refractivity (Wildman–Crippen MR) is 84.9 cm³/mol. The van der Waals surface area contributed by atoms with Gasteiger partial charge >= 0.3 is 0 Å². The highest BCUT2D eigenvalue weighted by molar-refractivity contribution is 7.89. The van der Waals surface area contributed by atoms with E-state index >= 15 is 0 Å². The highest BCUT2D eigenvalue weighted by atomic mass is 32.2. The average molecular weight is 308 g/mol. The zero-order valence-corrected chi connectivity index (χ0v) is 13.5. The van der Waals surface area contributed by atoms with E-state index in [0.29, 0.717) is 16.7 Å². The molecular formula is C16H24N2O2S. The second-order valence-electron chi connectivity index (χ2n) is 6.58. The van der Waals surface area contributed by atoms with Crippen molar-refractivity contribution in [2.24, 2.45) is 11.8 Å². The van der Waals surface area contributed by atoms with Crippen molar-refractivity contribution < 1.29 is 8.42 Å². The molecule has 5 heteroatoms. The van der Waals surface area contributed by atoms with E-state index in [1.165, 1.54) is 0 Å². The molecule has 21 heavy (non-hydrogen) atoms. The second-order valence-corrected chi connectivity index (χ2v) is 8.30. The summed E-state index contributed by atoms with van der Waals surface area (Å²) in [5.41, 5.74) is 2.16. The molecular weight excluding hydrogens is 284 g/mol. The lowest BCUT2D eigenvalue weighted by Crippen LogP contribution is -2.39. The molecule has 3 rings (SSSR count). The van der Waals surface area contributed by atoms with Crippen LogP contribution in [0.25, 0.3) is 0 Å². The quantitative estimate of drug-likeness (QED) is 0.902. The Bertz CT molecular complexity index is 627. The van der Waals surface area contributed by atoms with E-state index in [-0.39, 0.29) is 6.04 Å². The van der Waals surface area contributed by atoms with Gasteiger partial charge in [0.05, 0.1) is 4.90 Å². The first-order valence-electron chi connectivity index (χ1n) is 7.85. The molecule has 4 nitrogen and oxygen atoms in total. The van der Waals surface area contributed by atoms with Crippen molar-refractivity contribution in [1.29, 1.82) is 0 Å². The van der Waals surface area contributed by atoms with Crippen LogP contribution in [-0.4, -0.2) is 21.0 Å². The van der Waals surface area contributed by atoms with Gasteiger partial charge in [-0.3, -0.25) is 0 Å². The average Bonchev–Trinajstić information content (AvgIpc) is 2.90. The third kappa shape index (κ3) is 3.09. The summed E-state index contributed by atoms with van der Waals surface area (Å²) < 4.78 is 28.0. The summed E-state index contributed by atoms with van der Waals surface area (Å²) in [6.45, 7) is 5.36. The van der Waals surface area contributed by atoms with Gasteiger partial charge in [0, 0.05) is 18.3 Å². The van der Waals surface area contributed by atoms with Gasteiger partial charge in [-0.15, -0.1) is 0 Å². The Morgan fingerprint density at radius 2 is 2.00 bits per heavy atom. The minimum absolute atomic E-state index is 0.0765. The van der Waals surface area contributed by atoms with Crippen LogP contribution in [-0.2, 0) is 16.4 Å². The number of nitrogens with one attached hydrogen (secondary N) is 2. The Hall–Kier alpha value is -1.07. The van der Waals surface area contributed by atoms with Gasteiger partial charge in [0.2, 0.25) is 10.0 Å². The summed E-state index contributed by atoms with van der Waals surface area (Å²) in [6.07, 6.45) is 3.88. The molecule has 1 aromatic carbocycles. The Labute approximate surface area is 127 Å². The first kappa shape index (κ1) is 14.9. The van der Waals surface area contributed by atoms with E-state index in [1.807, 2.05) is 12.1 Å². The first-order chi connectivity index (χ1) is 9.95. The Morgan fingerprint density at radius 1 is 1.19 bits per heavy atom. The fourth-order valence-corrected chi connectivity index (χ4v) is 4.72. The van der Waals surface area contributed by atoms with Crippen molar-refractivity contribution in [3.8, 4) is 0 Å². The van der Waals surface area contributed by atoms with E-state index in [1.54, 1.807) is 6.07 Å². The summed E-state index contributed by atoms with van der Waals surface area (Å²) >= 11 is 0. The van der Waals surface area contributed by atoms with Crippen molar-refractivity contribution >= 4 is 15.7 Å². The highest BCUT2D eigenvalue weighted by Crippen LogP contribution is 2.31. The number of benzene rings is 1. The van der Waals surface area contributed by atoms with E-state index in [2.05, 4.69) is 23.9 Å². The predicted octanol–water partition coefficient (Wildman–Crippen LogP) is 2.76. The molecule has 0 amide bonds. The molecule has 0 radical (unpaired) electrons. The Balaban J connectivity index is 1.75. The third-order valence-corrected chi connectivity index (χ3v) is 6.53. The summed E-state index contributed by atoms with van der Waals surface area (Å²) in [6, 6.07) is 5.47. The number of sulfonamides is 1. The van der Waals surface area contributed by atoms with Crippen molar-refractivity contribution in [1.82, 2.24) is 4.72 Å². The fraction of sp³-hybridized carbons (Fsp3) is 0.625. The number of rotatable bonds is 3. The molecule has 1 aromatic rings. The minimum atomic E-state index is -3.40. The standard InChI is InChI=1S/C16H24N2O2S/c1-11-3-4-14(9-12(11)2)18-21(19,20)15-5-6-16-13(10-15)7-8-17-16/h5-6,10-12,14,17-18H,3-4,7-9H2,1-2H3. The van der Waals surface area contributed by atoms with E-state index < -0.39 is 10.0 Å². The molecule has 1 aliphatic carbocycles. The molecule has 1 saturated carbocycles. The molecule has 1 aliphatic heterocycles. The van der Waals surface area contributed by atoms with E-state index in [9.17, 15) is 8.42 Å². The third-order valence-electron chi connectivity index (χ3n) is 5.02. The highest BCUT2D eigenvalue weighted by Gasteiger charge is 2.28. The second kappa shape index (κ2) is 5.61. The SMILES string of the molecule is CC1CCC(NS(=O)(=O)c2ccc3c(c2)CCN3)CC1C. The minimum Gasteiger partial charge on any atom is -0.384 e. The zero-order valence-electron chi connectivity index (χ0n) is 12.7. The van der Waals surface area contributed by atoms with Crippen LogP contribution in [0.15, 0.2) is 23.1 Å². The lowest BCUT2D eigenvalue weighted by molar-refractivity contribution is 0.242. The van der Waals surface area contributed by atoms with Crippen LogP contribution in [0.5, 0.6) is 0 Å². The number of hydrogen-bond donors (Lipinski definition) is 2. The van der Waals surface area contributed by atoms with Crippen LogP contribution in [0.4, 0.5) is 5.69 Å². The Morgan fingerprint density at radius 3 is 2.76 bits per heavy atom. The normalized spacial score (nSPS) is 29.0. The number of hydrogen-bond acceptors (Lipinski definition) is 3. The largest absolute Gasteiger partial charge is 0.384 e. The number of anilines is 1. The fourth-order valence-electron chi connectivity index (χ4n) is 3.39. The monoisotopic (exact) mass is 308 g/mol. The van der Waals surface area contributed by atoms with Gasteiger partial charge in [-0.1, -0.05) is 13.8 Å². The van der Waals surface area contributed by atoms with E-state index in [4.69, 9.17) is 0 Å². The molecule has 3 atom stereocenters. The van der Waals surface area contributed by atoms with Gasteiger partial charge in [-0.05, 0) is 61.3 Å². The topological polar surface area (TPSA) is 58.2 Å². The van der Waals surface area contributed by atoms with Crippen molar-refractivity contribution in [2.45, 2.75) is 50.5 Å². The first-order valence-corrected chi connectivity index (χ1v) is 9.33. The van der Waals surface area contributed by atoms with Gasteiger partial charge < -0.3 is 5.32 Å². The zero-order chi connectivity index (χ0) is 15.0. The lowest BCUT2D eigenvalue weighted by Gasteiger charge is -2.32. The van der Waals surface area contributed by atoms with Crippen molar-refractivity contribution in [2.75, 3.05) is 11.9 Å². The molecule has 0 spiro atoms. The summed E-state index contributed by atoms with van der Waals surface area (Å²) in [5, 5.41) is 3.26. The summed E-state index contributed by atoms with van der Waals surface area (Å²) in [5.74, 6) is 1.27. The molecule has 3 unspecified atom stereocenters.